The molecule has 1 aromatic carbocycles. The maximum Gasteiger partial charge on any atom is 0.139 e. The molecule has 0 unspecified atom stereocenters. The van der Waals surface area contributed by atoms with Crippen molar-refractivity contribution in [2.24, 2.45) is 0 Å². The Morgan fingerprint density at radius 1 is 1.39 bits per heavy atom. The van der Waals surface area contributed by atoms with Crippen molar-refractivity contribution < 1.29 is 4.39 Å². The summed E-state index contributed by atoms with van der Waals surface area (Å²) in [5.74, 6) is 0.962. The Morgan fingerprint density at radius 3 is 2.78 bits per heavy atom. The van der Waals surface area contributed by atoms with Crippen molar-refractivity contribution in [3.63, 3.8) is 0 Å². The lowest BCUT2D eigenvalue weighted by Gasteiger charge is -2.15. The predicted molar refractivity (Wildman–Crippen MR) is 74.5 cm³/mol. The van der Waals surface area contributed by atoms with Crippen molar-refractivity contribution in [3.05, 3.63) is 28.2 Å². The Morgan fingerprint density at radius 2 is 2.11 bits per heavy atom. The number of halogens is 3. The second-order valence-electron chi connectivity index (χ2n) is 4.72. The highest BCUT2D eigenvalue weighted by Gasteiger charge is 2.22. The molecule has 96 valence electrons. The number of benzene rings is 1. The Balaban J connectivity index is 2.23. The van der Waals surface area contributed by atoms with Gasteiger partial charge in [0.05, 0.1) is 21.4 Å². The third-order valence-electron chi connectivity index (χ3n) is 3.61. The molecule has 0 aliphatic heterocycles. The van der Waals surface area contributed by atoms with Crippen LogP contribution < -0.4 is 0 Å². The van der Waals surface area contributed by atoms with Crippen LogP contribution in [0, 0.1) is 5.82 Å². The summed E-state index contributed by atoms with van der Waals surface area (Å²) in [5, 5.41) is 0. The van der Waals surface area contributed by atoms with E-state index in [1.807, 2.05) is 0 Å². The minimum Gasteiger partial charge on any atom is -0.324 e. The number of nitrogens with zero attached hydrogens (tertiary/aromatic N) is 2. The average molecular weight is 332 g/mol. The fraction of sp³-hybridized carbons (Fsp3) is 0.462. The highest BCUT2D eigenvalue weighted by Crippen LogP contribution is 2.35. The first kappa shape index (κ1) is 12.4. The van der Waals surface area contributed by atoms with Crippen molar-refractivity contribution in [2.75, 3.05) is 0 Å². The number of alkyl halides is 1. The maximum atomic E-state index is 13.7. The molecule has 2 aromatic rings. The number of fused-ring (bicyclic) bond motifs is 1. The van der Waals surface area contributed by atoms with Gasteiger partial charge in [-0.2, -0.15) is 0 Å². The minimum atomic E-state index is -0.247. The minimum absolute atomic E-state index is 0.247. The van der Waals surface area contributed by atoms with E-state index in [4.69, 9.17) is 11.6 Å². The van der Waals surface area contributed by atoms with Gasteiger partial charge in [-0.05, 0) is 34.8 Å². The van der Waals surface area contributed by atoms with Crippen LogP contribution in [0.4, 0.5) is 4.39 Å². The number of rotatable bonds is 2. The summed E-state index contributed by atoms with van der Waals surface area (Å²) in [7, 11) is 0. The monoisotopic (exact) mass is 330 g/mol. The van der Waals surface area contributed by atoms with E-state index in [2.05, 4.69) is 25.5 Å². The van der Waals surface area contributed by atoms with Crippen LogP contribution in [0.2, 0.25) is 0 Å². The third kappa shape index (κ3) is 1.95. The first-order valence-corrected chi connectivity index (χ1v) is 7.45. The van der Waals surface area contributed by atoms with Crippen LogP contribution in [0.5, 0.6) is 0 Å². The SMILES string of the molecule is Fc1cc2c(cc1Br)nc(CCl)n2C1CCCC1. The fourth-order valence-corrected chi connectivity index (χ4v) is 3.32. The highest BCUT2D eigenvalue weighted by molar-refractivity contribution is 9.10. The molecule has 0 bridgehead atoms. The zero-order chi connectivity index (χ0) is 12.7. The second kappa shape index (κ2) is 4.82. The zero-order valence-corrected chi connectivity index (χ0v) is 12.1. The van der Waals surface area contributed by atoms with Crippen LogP contribution in [0.15, 0.2) is 16.6 Å². The first-order chi connectivity index (χ1) is 8.70. The van der Waals surface area contributed by atoms with Gasteiger partial charge in [-0.25, -0.2) is 9.37 Å². The van der Waals surface area contributed by atoms with Gasteiger partial charge < -0.3 is 4.57 Å². The van der Waals surface area contributed by atoms with Gasteiger partial charge >= 0.3 is 0 Å². The molecule has 1 heterocycles. The van der Waals surface area contributed by atoms with Crippen LogP contribution >= 0.6 is 27.5 Å². The summed E-state index contributed by atoms with van der Waals surface area (Å²) >= 11 is 9.17. The molecule has 2 nitrogen and oxygen atoms in total. The van der Waals surface area contributed by atoms with E-state index in [0.29, 0.717) is 16.4 Å². The van der Waals surface area contributed by atoms with E-state index < -0.39 is 0 Å². The van der Waals surface area contributed by atoms with E-state index in [9.17, 15) is 4.39 Å². The van der Waals surface area contributed by atoms with Crippen molar-refractivity contribution >= 4 is 38.6 Å². The van der Waals surface area contributed by atoms with Crippen molar-refractivity contribution in [1.29, 1.82) is 0 Å². The summed E-state index contributed by atoms with van der Waals surface area (Å²) in [6.45, 7) is 0. The van der Waals surface area contributed by atoms with E-state index >= 15 is 0 Å². The second-order valence-corrected chi connectivity index (χ2v) is 5.85. The van der Waals surface area contributed by atoms with E-state index in [1.54, 1.807) is 12.1 Å². The molecule has 1 fully saturated rings. The first-order valence-electron chi connectivity index (χ1n) is 6.12. The van der Waals surface area contributed by atoms with Gasteiger partial charge in [0.15, 0.2) is 0 Å². The van der Waals surface area contributed by atoms with E-state index in [0.717, 1.165) is 29.7 Å². The molecule has 1 aliphatic carbocycles. The summed E-state index contributed by atoms with van der Waals surface area (Å²) in [5.41, 5.74) is 1.67. The predicted octanol–water partition coefficient (Wildman–Crippen LogP) is 4.79. The molecule has 0 radical (unpaired) electrons. The molecule has 1 aliphatic rings. The quantitative estimate of drug-likeness (QED) is 0.723. The van der Waals surface area contributed by atoms with Crippen LogP contribution in [-0.4, -0.2) is 9.55 Å². The lowest BCUT2D eigenvalue weighted by Crippen LogP contribution is -2.08. The number of aromatic nitrogens is 2. The molecule has 0 N–H and O–H groups in total. The van der Waals surface area contributed by atoms with Gasteiger partial charge in [0.25, 0.3) is 0 Å². The largest absolute Gasteiger partial charge is 0.324 e. The molecule has 5 heteroatoms. The van der Waals surface area contributed by atoms with Crippen LogP contribution in [-0.2, 0) is 5.88 Å². The molecule has 0 spiro atoms. The van der Waals surface area contributed by atoms with Gasteiger partial charge in [0.1, 0.15) is 11.6 Å². The smallest absolute Gasteiger partial charge is 0.139 e. The number of imidazole rings is 1. The molecular weight excluding hydrogens is 319 g/mol. The van der Waals surface area contributed by atoms with Crippen molar-refractivity contribution in [3.8, 4) is 0 Å². The fourth-order valence-electron chi connectivity index (χ4n) is 2.80. The van der Waals surface area contributed by atoms with Gasteiger partial charge in [0.2, 0.25) is 0 Å². The Labute approximate surface area is 118 Å². The maximum absolute atomic E-state index is 13.7. The van der Waals surface area contributed by atoms with E-state index in [1.165, 1.54) is 12.8 Å². The zero-order valence-electron chi connectivity index (χ0n) is 9.80. The van der Waals surface area contributed by atoms with Crippen LogP contribution in [0.25, 0.3) is 11.0 Å². The van der Waals surface area contributed by atoms with Crippen LogP contribution in [0.3, 0.4) is 0 Å². The van der Waals surface area contributed by atoms with Gasteiger partial charge in [-0.15, -0.1) is 11.6 Å². The molecule has 0 atom stereocenters. The van der Waals surface area contributed by atoms with Crippen molar-refractivity contribution in [1.82, 2.24) is 9.55 Å². The lowest BCUT2D eigenvalue weighted by molar-refractivity contribution is 0.517. The molecule has 3 rings (SSSR count). The molecule has 0 saturated heterocycles. The van der Waals surface area contributed by atoms with E-state index in [-0.39, 0.29) is 5.82 Å². The Kier molecular flexibility index (Phi) is 3.32. The molecule has 1 saturated carbocycles. The van der Waals surface area contributed by atoms with Gasteiger partial charge in [0, 0.05) is 12.1 Å². The topological polar surface area (TPSA) is 17.8 Å². The van der Waals surface area contributed by atoms with Crippen molar-refractivity contribution in [2.45, 2.75) is 37.6 Å². The molecule has 0 amide bonds. The normalized spacial score (nSPS) is 16.8. The standard InChI is InChI=1S/C13H13BrClFN2/c14-9-5-11-12(6-10(9)16)18(13(7-15)17-11)8-3-1-2-4-8/h5-6,8H,1-4,7H2. The summed E-state index contributed by atoms with van der Waals surface area (Å²) < 4.78 is 16.3. The van der Waals surface area contributed by atoms with Crippen LogP contribution in [0.1, 0.15) is 37.5 Å². The number of hydrogen-bond donors (Lipinski definition) is 0. The Bertz CT molecular complexity index is 590. The molecule has 18 heavy (non-hydrogen) atoms. The Hall–Kier alpha value is -0.610. The summed E-state index contributed by atoms with van der Waals surface area (Å²) in [4.78, 5) is 4.51. The van der Waals surface area contributed by atoms with Gasteiger partial charge in [-0.1, -0.05) is 12.8 Å². The molecule has 1 aromatic heterocycles. The molecular formula is C13H13BrClFN2. The van der Waals surface area contributed by atoms with Gasteiger partial charge in [-0.3, -0.25) is 0 Å². The summed E-state index contributed by atoms with van der Waals surface area (Å²) in [6, 6.07) is 3.71. The average Bonchev–Trinajstić information content (AvgIpc) is 2.96. The number of hydrogen-bond acceptors (Lipinski definition) is 1. The summed E-state index contributed by atoms with van der Waals surface area (Å²) in [6.07, 6.45) is 4.72. The lowest BCUT2D eigenvalue weighted by atomic mass is 10.2. The highest BCUT2D eigenvalue weighted by atomic mass is 79.9. The third-order valence-corrected chi connectivity index (χ3v) is 4.46.